The van der Waals surface area contributed by atoms with Crippen LogP contribution in [-0.2, 0) is 19.1 Å². The molecule has 0 aromatic heterocycles. The molecule has 202 valence electrons. The molecule has 0 aliphatic rings. The summed E-state index contributed by atoms with van der Waals surface area (Å²) < 4.78 is 5.30. The number of rotatable bonds is 9. The lowest BCUT2D eigenvalue weighted by Gasteiger charge is -2.39. The van der Waals surface area contributed by atoms with E-state index in [4.69, 9.17) is 10.5 Å². The van der Waals surface area contributed by atoms with Crippen LogP contribution in [0.4, 0.5) is 4.79 Å². The molecule has 1 aromatic carbocycles. The number of alkyl carbamates (subject to hydrolysis) is 1. The van der Waals surface area contributed by atoms with Gasteiger partial charge in [0.2, 0.25) is 17.7 Å². The van der Waals surface area contributed by atoms with Gasteiger partial charge in [-0.05, 0) is 74.3 Å². The summed E-state index contributed by atoms with van der Waals surface area (Å²) in [5.41, 5.74) is 6.58. The number of hydrogen-bond acceptors (Lipinski definition) is 5. The lowest BCUT2D eigenvalue weighted by molar-refractivity contribution is -0.146. The lowest BCUT2D eigenvalue weighted by Crippen LogP contribution is -2.57. The van der Waals surface area contributed by atoms with Crippen molar-refractivity contribution in [3.05, 3.63) is 34.9 Å². The van der Waals surface area contributed by atoms with Crippen molar-refractivity contribution in [2.75, 3.05) is 0 Å². The summed E-state index contributed by atoms with van der Waals surface area (Å²) in [7, 11) is 0. The molecular formula is C27H44N4O5. The van der Waals surface area contributed by atoms with Crippen molar-refractivity contribution in [1.82, 2.24) is 15.5 Å². The Morgan fingerprint density at radius 3 is 1.94 bits per heavy atom. The number of hydrogen-bond donors (Lipinski definition) is 3. The highest BCUT2D eigenvalue weighted by atomic mass is 16.6. The molecule has 0 heterocycles. The molecule has 4 N–H and O–H groups in total. The predicted octanol–water partition coefficient (Wildman–Crippen LogP) is 3.66. The van der Waals surface area contributed by atoms with Gasteiger partial charge in [-0.15, -0.1) is 0 Å². The molecule has 3 atom stereocenters. The Hall–Kier alpha value is -3.10. The van der Waals surface area contributed by atoms with Crippen LogP contribution in [0.5, 0.6) is 0 Å². The van der Waals surface area contributed by atoms with Crippen LogP contribution in [0.25, 0.3) is 0 Å². The number of carbonyl (C=O) groups excluding carboxylic acids is 4. The number of nitrogens with one attached hydrogen (secondary N) is 2. The first-order valence-corrected chi connectivity index (χ1v) is 12.3. The first kappa shape index (κ1) is 30.9. The van der Waals surface area contributed by atoms with Crippen molar-refractivity contribution in [1.29, 1.82) is 0 Å². The molecule has 0 aliphatic carbocycles. The van der Waals surface area contributed by atoms with Crippen molar-refractivity contribution in [3.8, 4) is 0 Å². The van der Waals surface area contributed by atoms with Gasteiger partial charge in [0.05, 0.1) is 6.42 Å². The highest BCUT2D eigenvalue weighted by Crippen LogP contribution is 2.29. The topological polar surface area (TPSA) is 131 Å². The molecular weight excluding hydrogens is 460 g/mol. The van der Waals surface area contributed by atoms with Crippen molar-refractivity contribution in [3.63, 3.8) is 0 Å². The van der Waals surface area contributed by atoms with Gasteiger partial charge in [-0.2, -0.15) is 0 Å². The summed E-state index contributed by atoms with van der Waals surface area (Å²) in [6.07, 6.45) is -0.759. The van der Waals surface area contributed by atoms with E-state index in [-0.39, 0.29) is 5.91 Å². The zero-order chi connectivity index (χ0) is 28.0. The summed E-state index contributed by atoms with van der Waals surface area (Å²) in [5, 5.41) is 5.48. The number of primary amides is 1. The predicted molar refractivity (Wildman–Crippen MR) is 140 cm³/mol. The summed E-state index contributed by atoms with van der Waals surface area (Å²) in [5.74, 6) is -1.73. The third-order valence-electron chi connectivity index (χ3n) is 5.30. The van der Waals surface area contributed by atoms with E-state index >= 15 is 0 Å². The minimum absolute atomic E-state index is 0.365. The maximum Gasteiger partial charge on any atom is 0.408 e. The minimum Gasteiger partial charge on any atom is -0.444 e. The molecule has 3 unspecified atom stereocenters. The SMILES string of the molecule is CCC(C)N(C(=O)C(CC(N)=O)NC(=O)OC(C)(C)C)C(C(=O)NC(C)(C)C)c1cc(C)cc(C)c1. The number of benzene rings is 1. The molecule has 36 heavy (non-hydrogen) atoms. The van der Waals surface area contributed by atoms with E-state index in [1.807, 2.05) is 66.7 Å². The van der Waals surface area contributed by atoms with Crippen molar-refractivity contribution >= 4 is 23.8 Å². The van der Waals surface area contributed by atoms with Crippen LogP contribution in [0.2, 0.25) is 0 Å². The van der Waals surface area contributed by atoms with E-state index in [0.717, 1.165) is 11.1 Å². The Bertz CT molecular complexity index is 942. The highest BCUT2D eigenvalue weighted by molar-refractivity contribution is 5.95. The van der Waals surface area contributed by atoms with Crippen molar-refractivity contribution in [2.24, 2.45) is 5.73 Å². The first-order chi connectivity index (χ1) is 16.3. The van der Waals surface area contributed by atoms with Crippen LogP contribution in [0.15, 0.2) is 18.2 Å². The normalized spacial score (nSPS) is 14.3. The van der Waals surface area contributed by atoms with E-state index in [1.54, 1.807) is 20.8 Å². The van der Waals surface area contributed by atoms with Crippen LogP contribution in [-0.4, -0.2) is 51.9 Å². The highest BCUT2D eigenvalue weighted by Gasteiger charge is 2.40. The number of nitrogens with two attached hydrogens (primary N) is 1. The smallest absolute Gasteiger partial charge is 0.408 e. The molecule has 0 radical (unpaired) electrons. The number of nitrogens with zero attached hydrogens (tertiary/aromatic N) is 1. The van der Waals surface area contributed by atoms with Gasteiger partial charge in [-0.25, -0.2) is 4.79 Å². The molecule has 1 rings (SSSR count). The van der Waals surface area contributed by atoms with Crippen LogP contribution >= 0.6 is 0 Å². The Balaban J connectivity index is 3.65. The van der Waals surface area contributed by atoms with Gasteiger partial charge in [0.15, 0.2) is 0 Å². The van der Waals surface area contributed by atoms with E-state index in [1.165, 1.54) is 4.90 Å². The number of amides is 4. The van der Waals surface area contributed by atoms with Crippen LogP contribution < -0.4 is 16.4 Å². The fourth-order valence-corrected chi connectivity index (χ4v) is 3.87. The molecule has 0 bridgehead atoms. The Morgan fingerprint density at radius 2 is 1.53 bits per heavy atom. The van der Waals surface area contributed by atoms with Gasteiger partial charge in [0.25, 0.3) is 0 Å². The summed E-state index contributed by atoms with van der Waals surface area (Å²) in [6.45, 7) is 18.2. The zero-order valence-electron chi connectivity index (χ0n) is 23.4. The molecule has 4 amide bonds. The van der Waals surface area contributed by atoms with Crippen LogP contribution in [0.3, 0.4) is 0 Å². The van der Waals surface area contributed by atoms with E-state index < -0.39 is 53.6 Å². The van der Waals surface area contributed by atoms with Gasteiger partial charge in [0, 0.05) is 11.6 Å². The molecule has 0 saturated carbocycles. The third-order valence-corrected chi connectivity index (χ3v) is 5.30. The molecule has 9 nitrogen and oxygen atoms in total. The summed E-state index contributed by atoms with van der Waals surface area (Å²) >= 11 is 0. The van der Waals surface area contributed by atoms with Crippen LogP contribution in [0.1, 0.15) is 91.0 Å². The Morgan fingerprint density at radius 1 is 1.00 bits per heavy atom. The monoisotopic (exact) mass is 504 g/mol. The number of aryl methyl sites for hydroxylation is 2. The second kappa shape index (κ2) is 12.2. The van der Waals surface area contributed by atoms with Crippen LogP contribution in [0, 0.1) is 13.8 Å². The quantitative estimate of drug-likeness (QED) is 0.472. The average molecular weight is 505 g/mol. The number of carbonyl (C=O) groups is 4. The largest absolute Gasteiger partial charge is 0.444 e. The standard InChI is InChI=1S/C27H44N4O5/c1-11-18(4)31(24(34)20(15-21(28)32)29-25(35)36-27(8,9)10)22(23(33)30-26(5,6)7)19-13-16(2)12-17(3)14-19/h12-14,18,20,22H,11,15H2,1-10H3,(H2,28,32)(H,29,35)(H,30,33). The van der Waals surface area contributed by atoms with Crippen molar-refractivity contribution in [2.45, 2.75) is 111 Å². The fourth-order valence-electron chi connectivity index (χ4n) is 3.87. The Kier molecular flexibility index (Phi) is 10.5. The van der Waals surface area contributed by atoms with E-state index in [2.05, 4.69) is 10.6 Å². The minimum atomic E-state index is -1.30. The lowest BCUT2D eigenvalue weighted by atomic mass is 9.95. The molecule has 0 saturated heterocycles. The molecule has 1 aromatic rings. The van der Waals surface area contributed by atoms with Gasteiger partial charge >= 0.3 is 6.09 Å². The maximum atomic E-state index is 14.0. The Labute approximate surface area is 215 Å². The third kappa shape index (κ3) is 9.87. The summed E-state index contributed by atoms with van der Waals surface area (Å²) in [6, 6.07) is 3.02. The zero-order valence-corrected chi connectivity index (χ0v) is 23.4. The van der Waals surface area contributed by atoms with Gasteiger partial charge in [-0.3, -0.25) is 14.4 Å². The van der Waals surface area contributed by atoms with Gasteiger partial charge in [0.1, 0.15) is 17.7 Å². The van der Waals surface area contributed by atoms with E-state index in [9.17, 15) is 19.2 Å². The number of ether oxygens (including phenoxy) is 1. The molecule has 9 heteroatoms. The maximum absolute atomic E-state index is 14.0. The molecule has 0 spiro atoms. The van der Waals surface area contributed by atoms with E-state index in [0.29, 0.717) is 12.0 Å². The second-order valence-corrected chi connectivity index (χ2v) is 11.4. The fraction of sp³-hybridized carbons (Fsp3) is 0.630. The van der Waals surface area contributed by atoms with Gasteiger partial charge in [-0.1, -0.05) is 36.2 Å². The average Bonchev–Trinajstić information content (AvgIpc) is 2.66. The molecule has 0 aliphatic heterocycles. The van der Waals surface area contributed by atoms with Crippen molar-refractivity contribution < 1.29 is 23.9 Å². The van der Waals surface area contributed by atoms with Gasteiger partial charge < -0.3 is 26.0 Å². The second-order valence-electron chi connectivity index (χ2n) is 11.4. The first-order valence-electron chi connectivity index (χ1n) is 12.3. The summed E-state index contributed by atoms with van der Waals surface area (Å²) in [4.78, 5) is 53.5. The molecule has 0 fully saturated rings.